The highest BCUT2D eigenvalue weighted by Crippen LogP contribution is 2.77. The molecule has 5 N–H and O–H groups in total. The monoisotopic (exact) mass is 312 g/mol. The SMILES string of the molecule is C[C@]12CC[C@@H]3c4ccc(N)c(N)c4CC[C@H]3C13CCC2(O)CC3. The van der Waals surface area contributed by atoms with Crippen molar-refractivity contribution in [1.29, 1.82) is 0 Å². The third-order valence-electron chi connectivity index (χ3n) is 8.78. The predicted molar refractivity (Wildman–Crippen MR) is 93.0 cm³/mol. The molecule has 3 nitrogen and oxygen atoms in total. The maximum Gasteiger partial charge on any atom is 0.0706 e. The molecule has 5 rings (SSSR count). The quantitative estimate of drug-likeness (QED) is 0.641. The highest BCUT2D eigenvalue weighted by Gasteiger charge is 2.73. The molecule has 4 aliphatic carbocycles. The number of fused-ring (bicyclic) bond motifs is 3. The summed E-state index contributed by atoms with van der Waals surface area (Å²) < 4.78 is 0. The summed E-state index contributed by atoms with van der Waals surface area (Å²) in [6.45, 7) is 2.40. The largest absolute Gasteiger partial charge is 0.397 e. The van der Waals surface area contributed by atoms with E-state index in [1.54, 1.807) is 0 Å². The van der Waals surface area contributed by atoms with Gasteiger partial charge in [-0.2, -0.15) is 0 Å². The van der Waals surface area contributed by atoms with Crippen molar-refractivity contribution in [2.45, 2.75) is 69.8 Å². The predicted octanol–water partition coefficient (Wildman–Crippen LogP) is 3.60. The minimum atomic E-state index is -0.390. The molecule has 0 aliphatic heterocycles. The van der Waals surface area contributed by atoms with E-state index < -0.39 is 5.60 Å². The number of benzene rings is 1. The molecule has 1 aromatic carbocycles. The Hall–Kier alpha value is -1.22. The van der Waals surface area contributed by atoms with Crippen LogP contribution in [0.15, 0.2) is 12.1 Å². The van der Waals surface area contributed by atoms with E-state index in [2.05, 4.69) is 13.0 Å². The minimum Gasteiger partial charge on any atom is -0.397 e. The Kier molecular flexibility index (Phi) is 2.49. The van der Waals surface area contributed by atoms with Gasteiger partial charge in [-0.05, 0) is 85.8 Å². The van der Waals surface area contributed by atoms with Gasteiger partial charge in [-0.25, -0.2) is 0 Å². The van der Waals surface area contributed by atoms with Crippen LogP contribution in [0, 0.1) is 16.7 Å². The number of rotatable bonds is 0. The lowest BCUT2D eigenvalue weighted by Gasteiger charge is -2.56. The molecule has 0 radical (unpaired) electrons. The zero-order chi connectivity index (χ0) is 16.0. The highest BCUT2D eigenvalue weighted by molar-refractivity contribution is 5.70. The van der Waals surface area contributed by atoms with Crippen LogP contribution in [0.2, 0.25) is 0 Å². The molecule has 0 heterocycles. The van der Waals surface area contributed by atoms with E-state index >= 15 is 0 Å². The summed E-state index contributed by atoms with van der Waals surface area (Å²) in [6, 6.07) is 4.24. The molecule has 124 valence electrons. The Bertz CT molecular complexity index is 689. The fraction of sp³-hybridized carbons (Fsp3) is 0.700. The van der Waals surface area contributed by atoms with Gasteiger partial charge in [0.1, 0.15) is 0 Å². The van der Waals surface area contributed by atoms with E-state index in [9.17, 15) is 5.11 Å². The van der Waals surface area contributed by atoms with E-state index in [1.165, 1.54) is 36.8 Å². The number of nitrogen functional groups attached to an aromatic ring is 2. The summed E-state index contributed by atoms with van der Waals surface area (Å²) in [5.74, 6) is 1.34. The van der Waals surface area contributed by atoms with Crippen LogP contribution < -0.4 is 11.5 Å². The fourth-order valence-electron chi connectivity index (χ4n) is 7.44. The van der Waals surface area contributed by atoms with Crippen molar-refractivity contribution >= 4 is 11.4 Å². The molecule has 0 saturated heterocycles. The van der Waals surface area contributed by atoms with Crippen molar-refractivity contribution in [2.75, 3.05) is 11.5 Å². The Morgan fingerprint density at radius 2 is 1.78 bits per heavy atom. The van der Waals surface area contributed by atoms with Crippen molar-refractivity contribution < 1.29 is 5.11 Å². The van der Waals surface area contributed by atoms with Gasteiger partial charge < -0.3 is 16.6 Å². The average molecular weight is 312 g/mol. The number of hydrogen-bond donors (Lipinski definition) is 3. The second kappa shape index (κ2) is 4.05. The van der Waals surface area contributed by atoms with Crippen LogP contribution in [0.3, 0.4) is 0 Å². The molecule has 2 bridgehead atoms. The maximum absolute atomic E-state index is 11.2. The second-order valence-corrected chi connectivity index (χ2v) is 8.95. The molecular weight excluding hydrogens is 284 g/mol. The van der Waals surface area contributed by atoms with Gasteiger partial charge in [-0.1, -0.05) is 13.0 Å². The summed E-state index contributed by atoms with van der Waals surface area (Å²) >= 11 is 0. The molecule has 3 saturated carbocycles. The Morgan fingerprint density at radius 3 is 2.52 bits per heavy atom. The first-order valence-electron chi connectivity index (χ1n) is 9.31. The third kappa shape index (κ3) is 1.38. The van der Waals surface area contributed by atoms with Gasteiger partial charge in [-0.3, -0.25) is 0 Å². The zero-order valence-corrected chi connectivity index (χ0v) is 14.1. The number of aliphatic hydroxyl groups is 1. The summed E-state index contributed by atoms with van der Waals surface area (Å²) in [6.07, 6.45) is 9.12. The Balaban J connectivity index is 1.63. The van der Waals surface area contributed by atoms with Crippen LogP contribution in [0.1, 0.15) is 68.9 Å². The normalized spacial score (nSPS) is 47.0. The molecule has 0 aromatic heterocycles. The van der Waals surface area contributed by atoms with Crippen LogP contribution in [-0.2, 0) is 6.42 Å². The molecule has 0 unspecified atom stereocenters. The minimum absolute atomic E-state index is 0.137. The van der Waals surface area contributed by atoms with Crippen molar-refractivity contribution in [1.82, 2.24) is 0 Å². The molecule has 3 atom stereocenters. The Morgan fingerprint density at radius 1 is 1.04 bits per heavy atom. The molecule has 23 heavy (non-hydrogen) atoms. The van der Waals surface area contributed by atoms with E-state index in [-0.39, 0.29) is 5.41 Å². The van der Waals surface area contributed by atoms with Crippen LogP contribution in [0.4, 0.5) is 11.4 Å². The van der Waals surface area contributed by atoms with E-state index in [0.717, 1.165) is 37.1 Å². The first kappa shape index (κ1) is 14.2. The van der Waals surface area contributed by atoms with Gasteiger partial charge >= 0.3 is 0 Å². The van der Waals surface area contributed by atoms with Crippen LogP contribution in [0.25, 0.3) is 0 Å². The van der Waals surface area contributed by atoms with Gasteiger partial charge in [0, 0.05) is 5.41 Å². The molecule has 4 aliphatic rings. The summed E-state index contributed by atoms with van der Waals surface area (Å²) in [5, 5.41) is 11.2. The smallest absolute Gasteiger partial charge is 0.0706 e. The van der Waals surface area contributed by atoms with E-state index in [4.69, 9.17) is 11.5 Å². The lowest BCUT2D eigenvalue weighted by molar-refractivity contribution is -0.101. The third-order valence-corrected chi connectivity index (χ3v) is 8.78. The molecular formula is C20H28N2O. The van der Waals surface area contributed by atoms with Crippen LogP contribution in [0.5, 0.6) is 0 Å². The van der Waals surface area contributed by atoms with Gasteiger partial charge in [0.15, 0.2) is 0 Å². The van der Waals surface area contributed by atoms with Crippen LogP contribution >= 0.6 is 0 Å². The summed E-state index contributed by atoms with van der Waals surface area (Å²) in [5.41, 5.74) is 16.8. The lowest BCUT2D eigenvalue weighted by atomic mass is 9.48. The standard InChI is InChI=1S/C20H28N2O/c1-18-7-6-13-12-3-5-16(21)17(22)14(12)2-4-15(13)19(18)8-10-20(18,23)11-9-19/h3,5,13,15,23H,2,4,6-11,21-22H2,1H3/t13-,15-,18+,19?,20?/m1/s1. The first-order valence-corrected chi connectivity index (χ1v) is 9.31. The average Bonchev–Trinajstić information content (AvgIpc) is 2.92. The highest BCUT2D eigenvalue weighted by atomic mass is 16.3. The van der Waals surface area contributed by atoms with Crippen molar-refractivity contribution in [3.63, 3.8) is 0 Å². The van der Waals surface area contributed by atoms with Crippen molar-refractivity contribution in [3.8, 4) is 0 Å². The van der Waals surface area contributed by atoms with Gasteiger partial charge in [-0.15, -0.1) is 0 Å². The molecule has 1 aromatic rings. The van der Waals surface area contributed by atoms with Gasteiger partial charge in [0.25, 0.3) is 0 Å². The number of nitrogens with two attached hydrogens (primary N) is 2. The molecule has 0 amide bonds. The van der Waals surface area contributed by atoms with E-state index in [0.29, 0.717) is 17.3 Å². The van der Waals surface area contributed by atoms with E-state index in [1.807, 2.05) is 6.07 Å². The van der Waals surface area contributed by atoms with Crippen LogP contribution in [-0.4, -0.2) is 10.7 Å². The lowest BCUT2D eigenvalue weighted by Crippen LogP contribution is -2.51. The summed E-state index contributed by atoms with van der Waals surface area (Å²) in [7, 11) is 0. The first-order chi connectivity index (χ1) is 10.9. The maximum atomic E-state index is 11.2. The zero-order valence-electron chi connectivity index (χ0n) is 14.1. The Labute approximate surface area is 138 Å². The molecule has 3 heteroatoms. The molecule has 0 spiro atoms. The second-order valence-electron chi connectivity index (χ2n) is 8.95. The van der Waals surface area contributed by atoms with Crippen molar-refractivity contribution in [2.24, 2.45) is 16.7 Å². The summed E-state index contributed by atoms with van der Waals surface area (Å²) in [4.78, 5) is 0. The fourth-order valence-corrected chi connectivity index (χ4v) is 7.44. The number of hydrogen-bond acceptors (Lipinski definition) is 3. The topological polar surface area (TPSA) is 72.3 Å². The molecule has 3 fully saturated rings. The van der Waals surface area contributed by atoms with Gasteiger partial charge in [0.05, 0.1) is 17.0 Å². The van der Waals surface area contributed by atoms with Gasteiger partial charge in [0.2, 0.25) is 0 Å². The number of anilines is 2. The van der Waals surface area contributed by atoms with Crippen molar-refractivity contribution in [3.05, 3.63) is 23.3 Å².